The maximum Gasteiger partial charge on any atom is 0.0418 e. The van der Waals surface area contributed by atoms with Gasteiger partial charge < -0.3 is 5.73 Å². The molecule has 0 aliphatic carbocycles. The molecular formula is C10H13N3. The Morgan fingerprint density at radius 2 is 2.54 bits per heavy atom. The summed E-state index contributed by atoms with van der Waals surface area (Å²) in [6.07, 6.45) is 6.94. The van der Waals surface area contributed by atoms with Crippen LogP contribution in [0.1, 0.15) is 12.5 Å². The van der Waals surface area contributed by atoms with Gasteiger partial charge >= 0.3 is 0 Å². The highest BCUT2D eigenvalue weighted by molar-refractivity contribution is 5.83. The van der Waals surface area contributed by atoms with Crippen LogP contribution in [0.2, 0.25) is 0 Å². The van der Waals surface area contributed by atoms with Gasteiger partial charge in [-0.2, -0.15) is 0 Å². The van der Waals surface area contributed by atoms with E-state index in [1.54, 1.807) is 24.7 Å². The van der Waals surface area contributed by atoms with Crippen molar-refractivity contribution in [2.75, 3.05) is 6.54 Å². The summed E-state index contributed by atoms with van der Waals surface area (Å²) in [7, 11) is 0. The maximum atomic E-state index is 5.77. The van der Waals surface area contributed by atoms with Crippen LogP contribution >= 0.6 is 0 Å². The number of hydrogen-bond acceptors (Lipinski definition) is 3. The molecule has 0 saturated heterocycles. The SMILES string of the molecule is CCN=CC=C(N)c1cccnc1. The third-order valence-electron chi connectivity index (χ3n) is 1.54. The van der Waals surface area contributed by atoms with Gasteiger partial charge in [0.2, 0.25) is 0 Å². The van der Waals surface area contributed by atoms with E-state index in [2.05, 4.69) is 9.98 Å². The van der Waals surface area contributed by atoms with E-state index < -0.39 is 0 Å². The fourth-order valence-electron chi connectivity index (χ4n) is 0.868. The molecule has 3 nitrogen and oxygen atoms in total. The Hall–Kier alpha value is -1.64. The first-order valence-electron chi connectivity index (χ1n) is 4.20. The lowest BCUT2D eigenvalue weighted by Gasteiger charge is -1.97. The molecule has 0 aliphatic rings. The van der Waals surface area contributed by atoms with Crippen LogP contribution in [-0.4, -0.2) is 17.7 Å². The molecule has 0 aromatic carbocycles. The zero-order chi connectivity index (χ0) is 9.52. The number of nitrogens with zero attached hydrogens (tertiary/aromatic N) is 2. The monoisotopic (exact) mass is 175 g/mol. The molecule has 2 N–H and O–H groups in total. The number of nitrogens with two attached hydrogens (primary N) is 1. The summed E-state index contributed by atoms with van der Waals surface area (Å²) in [5.74, 6) is 0. The summed E-state index contributed by atoms with van der Waals surface area (Å²) < 4.78 is 0. The average Bonchev–Trinajstić information content (AvgIpc) is 2.19. The van der Waals surface area contributed by atoms with Gasteiger partial charge in [0, 0.05) is 36.4 Å². The second-order valence-corrected chi connectivity index (χ2v) is 2.51. The Morgan fingerprint density at radius 3 is 3.15 bits per heavy atom. The molecule has 0 atom stereocenters. The van der Waals surface area contributed by atoms with Gasteiger partial charge in [0.15, 0.2) is 0 Å². The van der Waals surface area contributed by atoms with Gasteiger partial charge in [-0.05, 0) is 25.1 Å². The van der Waals surface area contributed by atoms with Crippen molar-refractivity contribution >= 4 is 11.9 Å². The van der Waals surface area contributed by atoms with Gasteiger partial charge in [0.05, 0.1) is 0 Å². The summed E-state index contributed by atoms with van der Waals surface area (Å²) >= 11 is 0. The molecule has 0 aliphatic heterocycles. The van der Waals surface area contributed by atoms with Crippen molar-refractivity contribution in [3.63, 3.8) is 0 Å². The quantitative estimate of drug-likeness (QED) is 0.707. The first-order valence-corrected chi connectivity index (χ1v) is 4.20. The van der Waals surface area contributed by atoms with Crippen LogP contribution in [0, 0.1) is 0 Å². The summed E-state index contributed by atoms with van der Waals surface area (Å²) in [4.78, 5) is 8.00. The topological polar surface area (TPSA) is 51.3 Å². The van der Waals surface area contributed by atoms with Crippen LogP contribution in [-0.2, 0) is 0 Å². The second-order valence-electron chi connectivity index (χ2n) is 2.51. The maximum absolute atomic E-state index is 5.77. The van der Waals surface area contributed by atoms with Crippen molar-refractivity contribution < 1.29 is 0 Å². The molecule has 1 aromatic rings. The molecule has 0 radical (unpaired) electrons. The molecule has 1 aromatic heterocycles. The minimum absolute atomic E-state index is 0.685. The highest BCUT2D eigenvalue weighted by Gasteiger charge is 1.92. The van der Waals surface area contributed by atoms with Crippen LogP contribution in [0.25, 0.3) is 5.70 Å². The summed E-state index contributed by atoms with van der Waals surface area (Å²) in [6, 6.07) is 3.77. The zero-order valence-corrected chi connectivity index (χ0v) is 7.64. The highest BCUT2D eigenvalue weighted by atomic mass is 14.7. The minimum atomic E-state index is 0.685. The van der Waals surface area contributed by atoms with Crippen LogP contribution in [0.4, 0.5) is 0 Å². The van der Waals surface area contributed by atoms with Crippen molar-refractivity contribution in [3.05, 3.63) is 36.2 Å². The lowest BCUT2D eigenvalue weighted by atomic mass is 10.2. The smallest absolute Gasteiger partial charge is 0.0418 e. The average molecular weight is 175 g/mol. The molecule has 0 amide bonds. The fraction of sp³-hybridized carbons (Fsp3) is 0.200. The van der Waals surface area contributed by atoms with Gasteiger partial charge in [-0.15, -0.1) is 0 Å². The third kappa shape index (κ3) is 3.07. The van der Waals surface area contributed by atoms with Gasteiger partial charge in [-0.25, -0.2) is 0 Å². The number of aliphatic imine (C=N–C) groups is 1. The molecule has 3 heteroatoms. The van der Waals surface area contributed by atoms with Crippen molar-refractivity contribution in [1.29, 1.82) is 0 Å². The molecule has 68 valence electrons. The summed E-state index contributed by atoms with van der Waals surface area (Å²) in [5.41, 5.74) is 7.37. The predicted octanol–water partition coefficient (Wildman–Crippen LogP) is 1.47. The lowest BCUT2D eigenvalue weighted by molar-refractivity contribution is 1.14. The molecular weight excluding hydrogens is 162 g/mol. The molecule has 0 bridgehead atoms. The van der Waals surface area contributed by atoms with Crippen molar-refractivity contribution in [3.8, 4) is 0 Å². The van der Waals surface area contributed by atoms with E-state index in [-0.39, 0.29) is 0 Å². The summed E-state index contributed by atoms with van der Waals surface area (Å²) in [5, 5.41) is 0. The lowest BCUT2D eigenvalue weighted by Crippen LogP contribution is -1.96. The minimum Gasteiger partial charge on any atom is -0.398 e. The Labute approximate surface area is 78.0 Å². The Bertz CT molecular complexity index is 301. The van der Waals surface area contributed by atoms with Crippen LogP contribution in [0.15, 0.2) is 35.6 Å². The van der Waals surface area contributed by atoms with Gasteiger partial charge in [0.1, 0.15) is 0 Å². The van der Waals surface area contributed by atoms with E-state index in [0.717, 1.165) is 12.1 Å². The molecule has 0 saturated carbocycles. The molecule has 0 fully saturated rings. The van der Waals surface area contributed by atoms with Crippen molar-refractivity contribution in [2.24, 2.45) is 10.7 Å². The highest BCUT2D eigenvalue weighted by Crippen LogP contribution is 2.04. The van der Waals surface area contributed by atoms with E-state index >= 15 is 0 Å². The van der Waals surface area contributed by atoms with E-state index in [1.165, 1.54) is 0 Å². The van der Waals surface area contributed by atoms with Gasteiger partial charge in [-0.1, -0.05) is 0 Å². The van der Waals surface area contributed by atoms with E-state index in [1.807, 2.05) is 19.1 Å². The third-order valence-corrected chi connectivity index (χ3v) is 1.54. The molecule has 1 heterocycles. The number of hydrogen-bond donors (Lipinski definition) is 1. The van der Waals surface area contributed by atoms with Crippen molar-refractivity contribution in [2.45, 2.75) is 6.92 Å². The van der Waals surface area contributed by atoms with Gasteiger partial charge in [-0.3, -0.25) is 9.98 Å². The number of pyridine rings is 1. The normalized spacial score (nSPS) is 12.2. The van der Waals surface area contributed by atoms with Gasteiger partial charge in [0.25, 0.3) is 0 Å². The van der Waals surface area contributed by atoms with Crippen LogP contribution < -0.4 is 5.73 Å². The van der Waals surface area contributed by atoms with E-state index in [9.17, 15) is 0 Å². The Morgan fingerprint density at radius 1 is 1.69 bits per heavy atom. The van der Waals surface area contributed by atoms with E-state index in [0.29, 0.717) is 5.70 Å². The Kier molecular flexibility index (Phi) is 3.70. The van der Waals surface area contributed by atoms with E-state index in [4.69, 9.17) is 5.73 Å². The molecule has 1 rings (SSSR count). The first-order chi connectivity index (χ1) is 6.34. The number of aromatic nitrogens is 1. The van der Waals surface area contributed by atoms with Crippen LogP contribution in [0.5, 0.6) is 0 Å². The van der Waals surface area contributed by atoms with Crippen LogP contribution in [0.3, 0.4) is 0 Å². The van der Waals surface area contributed by atoms with Crippen molar-refractivity contribution in [1.82, 2.24) is 4.98 Å². The second kappa shape index (κ2) is 5.09. The number of rotatable bonds is 3. The first kappa shape index (κ1) is 9.45. The molecule has 13 heavy (non-hydrogen) atoms. The Balaban J connectivity index is 2.73. The number of allylic oxidation sites excluding steroid dienone is 1. The molecule has 0 unspecified atom stereocenters. The summed E-state index contributed by atoms with van der Waals surface area (Å²) in [6.45, 7) is 2.75. The fourth-order valence-corrected chi connectivity index (χ4v) is 0.868. The molecule has 0 spiro atoms. The predicted molar refractivity (Wildman–Crippen MR) is 55.4 cm³/mol. The zero-order valence-electron chi connectivity index (χ0n) is 7.64. The largest absolute Gasteiger partial charge is 0.398 e. The standard InChI is InChI=1S/C10H13N3/c1-2-12-7-5-10(11)9-4-3-6-13-8-9/h3-8H,2,11H2,1H3.